The van der Waals surface area contributed by atoms with Crippen LogP contribution >= 0.6 is 27.5 Å². The van der Waals surface area contributed by atoms with Crippen LogP contribution in [-0.4, -0.2) is 10.9 Å². The van der Waals surface area contributed by atoms with Crippen LogP contribution in [0, 0.1) is 0 Å². The Morgan fingerprint density at radius 2 is 2.00 bits per heavy atom. The first-order chi connectivity index (χ1) is 9.06. The summed E-state index contributed by atoms with van der Waals surface area (Å²) < 4.78 is 0.741. The van der Waals surface area contributed by atoms with Gasteiger partial charge in [-0.15, -0.1) is 0 Å². The number of hydrogen-bond donors (Lipinski definition) is 1. The highest BCUT2D eigenvalue weighted by atomic mass is 79.9. The third-order valence-electron chi connectivity index (χ3n) is 2.50. The summed E-state index contributed by atoms with van der Waals surface area (Å²) in [6.07, 6.45) is 3.07. The van der Waals surface area contributed by atoms with Gasteiger partial charge in [-0.2, -0.15) is 0 Å². The van der Waals surface area contributed by atoms with E-state index in [1.54, 1.807) is 30.3 Å². The van der Waals surface area contributed by atoms with Crippen molar-refractivity contribution in [2.45, 2.75) is 0 Å². The minimum atomic E-state index is -0.265. The van der Waals surface area contributed by atoms with Gasteiger partial charge in [-0.1, -0.05) is 45.7 Å². The van der Waals surface area contributed by atoms with Gasteiger partial charge in [-0.25, -0.2) is 0 Å². The van der Waals surface area contributed by atoms with Gasteiger partial charge in [0.15, 0.2) is 5.78 Å². The van der Waals surface area contributed by atoms with Gasteiger partial charge in [0.25, 0.3) is 0 Å². The van der Waals surface area contributed by atoms with Crippen LogP contribution in [0.5, 0.6) is 5.75 Å². The third-order valence-corrected chi connectivity index (χ3v) is 3.23. The Morgan fingerprint density at radius 3 is 2.74 bits per heavy atom. The molecule has 19 heavy (non-hydrogen) atoms. The van der Waals surface area contributed by atoms with Crippen LogP contribution in [-0.2, 0) is 0 Å². The fourth-order valence-corrected chi connectivity index (χ4v) is 2.14. The van der Waals surface area contributed by atoms with Gasteiger partial charge < -0.3 is 5.11 Å². The number of ketones is 1. The van der Waals surface area contributed by atoms with Crippen LogP contribution < -0.4 is 0 Å². The van der Waals surface area contributed by atoms with E-state index in [2.05, 4.69) is 15.9 Å². The SMILES string of the molecule is O=C(/C=C/c1cccc(Cl)c1)c1cc(Br)ccc1O. The first kappa shape index (κ1) is 13.8. The Morgan fingerprint density at radius 1 is 1.21 bits per heavy atom. The van der Waals surface area contributed by atoms with Crippen LogP contribution in [0.2, 0.25) is 5.02 Å². The minimum absolute atomic E-state index is 0.0380. The van der Waals surface area contributed by atoms with E-state index in [1.165, 1.54) is 12.1 Å². The molecule has 0 aliphatic carbocycles. The normalized spacial score (nSPS) is 10.8. The van der Waals surface area contributed by atoms with Crippen LogP contribution in [0.4, 0.5) is 0 Å². The molecule has 2 rings (SSSR count). The summed E-state index contributed by atoms with van der Waals surface area (Å²) in [7, 11) is 0. The number of halogens is 2. The monoisotopic (exact) mass is 336 g/mol. The van der Waals surface area contributed by atoms with E-state index in [-0.39, 0.29) is 17.1 Å². The Kier molecular flexibility index (Phi) is 4.40. The maximum atomic E-state index is 12.0. The lowest BCUT2D eigenvalue weighted by Crippen LogP contribution is -1.94. The molecule has 0 saturated heterocycles. The van der Waals surface area contributed by atoms with Crippen molar-refractivity contribution in [1.29, 1.82) is 0 Å². The maximum absolute atomic E-state index is 12.0. The zero-order chi connectivity index (χ0) is 13.8. The molecule has 0 spiro atoms. The molecular formula is C15H10BrClO2. The van der Waals surface area contributed by atoms with E-state index in [4.69, 9.17) is 11.6 Å². The molecule has 2 aromatic rings. The third kappa shape index (κ3) is 3.69. The summed E-state index contributed by atoms with van der Waals surface area (Å²) in [4.78, 5) is 12.0. The van der Waals surface area contributed by atoms with E-state index >= 15 is 0 Å². The van der Waals surface area contributed by atoms with Gasteiger partial charge in [0.1, 0.15) is 5.75 Å². The number of carbonyl (C=O) groups excluding carboxylic acids is 1. The van der Waals surface area contributed by atoms with Crippen LogP contribution in [0.1, 0.15) is 15.9 Å². The molecule has 0 aliphatic rings. The van der Waals surface area contributed by atoms with Crippen LogP contribution in [0.3, 0.4) is 0 Å². The summed E-state index contributed by atoms with van der Waals surface area (Å²) in [6.45, 7) is 0. The smallest absolute Gasteiger partial charge is 0.189 e. The first-order valence-electron chi connectivity index (χ1n) is 5.53. The summed E-state index contributed by atoms with van der Waals surface area (Å²) in [5.74, 6) is -0.303. The molecule has 2 nitrogen and oxygen atoms in total. The quantitative estimate of drug-likeness (QED) is 0.651. The zero-order valence-corrected chi connectivity index (χ0v) is 12.1. The number of rotatable bonds is 3. The topological polar surface area (TPSA) is 37.3 Å². The zero-order valence-electron chi connectivity index (χ0n) is 9.81. The van der Waals surface area contributed by atoms with Gasteiger partial charge in [0.05, 0.1) is 5.56 Å². The minimum Gasteiger partial charge on any atom is -0.507 e. The standard InChI is InChI=1S/C15H10BrClO2/c16-11-5-7-15(19)13(9-11)14(18)6-4-10-2-1-3-12(17)8-10/h1-9,19H/b6-4+. The average molecular weight is 338 g/mol. The Balaban J connectivity index is 2.23. The lowest BCUT2D eigenvalue weighted by Gasteiger charge is -2.01. The van der Waals surface area contributed by atoms with Gasteiger partial charge in [0.2, 0.25) is 0 Å². The molecule has 0 bridgehead atoms. The van der Waals surface area contributed by atoms with Crippen LogP contribution in [0.15, 0.2) is 53.0 Å². The number of hydrogen-bond acceptors (Lipinski definition) is 2. The number of benzene rings is 2. The molecule has 2 aromatic carbocycles. The number of carbonyl (C=O) groups is 1. The average Bonchev–Trinajstić information content (AvgIpc) is 2.39. The molecular weight excluding hydrogens is 328 g/mol. The largest absolute Gasteiger partial charge is 0.507 e. The molecule has 0 amide bonds. The predicted molar refractivity (Wildman–Crippen MR) is 80.6 cm³/mol. The highest BCUT2D eigenvalue weighted by Gasteiger charge is 2.08. The van der Waals surface area contributed by atoms with Gasteiger partial charge in [0, 0.05) is 9.50 Å². The molecule has 0 aromatic heterocycles. The molecule has 1 N–H and O–H groups in total. The van der Waals surface area contributed by atoms with Gasteiger partial charge in [-0.3, -0.25) is 4.79 Å². The second kappa shape index (κ2) is 6.04. The molecule has 0 unspecified atom stereocenters. The Bertz CT molecular complexity index is 650. The molecule has 0 radical (unpaired) electrons. The van der Waals surface area contributed by atoms with Crippen molar-refractivity contribution in [3.8, 4) is 5.75 Å². The van der Waals surface area contributed by atoms with E-state index in [0.29, 0.717) is 5.02 Å². The Labute approximate surface area is 124 Å². The predicted octanol–water partition coefficient (Wildman–Crippen LogP) is 4.70. The van der Waals surface area contributed by atoms with Crippen molar-refractivity contribution >= 4 is 39.4 Å². The van der Waals surface area contributed by atoms with Crippen molar-refractivity contribution < 1.29 is 9.90 Å². The number of phenolic OH excluding ortho intramolecular Hbond substituents is 1. The molecule has 0 saturated carbocycles. The van der Waals surface area contributed by atoms with E-state index in [9.17, 15) is 9.90 Å². The second-order valence-corrected chi connectivity index (χ2v) is 5.27. The number of phenols is 1. The van der Waals surface area contributed by atoms with Crippen molar-refractivity contribution in [2.24, 2.45) is 0 Å². The lowest BCUT2D eigenvalue weighted by molar-refractivity contribution is 0.104. The lowest BCUT2D eigenvalue weighted by atomic mass is 10.1. The molecule has 0 atom stereocenters. The highest BCUT2D eigenvalue weighted by Crippen LogP contribution is 2.23. The highest BCUT2D eigenvalue weighted by molar-refractivity contribution is 9.10. The van der Waals surface area contributed by atoms with E-state index < -0.39 is 0 Å². The van der Waals surface area contributed by atoms with Crippen molar-refractivity contribution in [1.82, 2.24) is 0 Å². The second-order valence-electron chi connectivity index (χ2n) is 3.91. The summed E-state index contributed by atoms with van der Waals surface area (Å²) in [5, 5.41) is 10.3. The first-order valence-corrected chi connectivity index (χ1v) is 6.70. The van der Waals surface area contributed by atoms with Gasteiger partial charge >= 0.3 is 0 Å². The molecule has 0 heterocycles. The van der Waals surface area contributed by atoms with Crippen LogP contribution in [0.25, 0.3) is 6.08 Å². The fraction of sp³-hybridized carbons (Fsp3) is 0. The molecule has 0 fully saturated rings. The van der Waals surface area contributed by atoms with Crippen molar-refractivity contribution in [2.75, 3.05) is 0 Å². The summed E-state index contributed by atoms with van der Waals surface area (Å²) in [6, 6.07) is 11.9. The maximum Gasteiger partial charge on any atom is 0.189 e. The van der Waals surface area contributed by atoms with E-state index in [0.717, 1.165) is 10.0 Å². The molecule has 4 heteroatoms. The molecule has 0 aliphatic heterocycles. The number of allylic oxidation sites excluding steroid dienone is 1. The Hall–Kier alpha value is -1.58. The van der Waals surface area contributed by atoms with Gasteiger partial charge in [-0.05, 0) is 42.0 Å². The summed E-state index contributed by atoms with van der Waals surface area (Å²) in [5.41, 5.74) is 1.09. The van der Waals surface area contributed by atoms with Crippen molar-refractivity contribution in [3.05, 3.63) is 69.2 Å². The van der Waals surface area contributed by atoms with Crippen molar-refractivity contribution in [3.63, 3.8) is 0 Å². The molecule has 96 valence electrons. The summed E-state index contributed by atoms with van der Waals surface area (Å²) >= 11 is 9.12. The number of aromatic hydroxyl groups is 1. The fourth-order valence-electron chi connectivity index (χ4n) is 1.58. The van der Waals surface area contributed by atoms with E-state index in [1.807, 2.05) is 12.1 Å².